The lowest BCUT2D eigenvalue weighted by Gasteiger charge is -2.47. The highest BCUT2D eigenvalue weighted by Crippen LogP contribution is 2.40. The van der Waals surface area contributed by atoms with E-state index in [1.807, 2.05) is 18.2 Å². The first-order chi connectivity index (χ1) is 19.6. The predicted molar refractivity (Wildman–Crippen MR) is 154 cm³/mol. The lowest BCUT2D eigenvalue weighted by Crippen LogP contribution is -2.61. The Hall–Kier alpha value is -2.98. The van der Waals surface area contributed by atoms with Crippen LogP contribution in [0.25, 0.3) is 22.2 Å². The number of H-pyrrole nitrogens is 1. The number of aliphatic hydroxyl groups excluding tert-OH is 1. The number of carbonyl (C=O) groups excluding carboxylic acids is 1. The van der Waals surface area contributed by atoms with Gasteiger partial charge in [-0.2, -0.15) is 5.10 Å². The molecule has 1 amide bonds. The number of aromatic amines is 1. The molecule has 2 bridgehead atoms. The smallest absolute Gasteiger partial charge is 0.251 e. The number of hydrogen-bond donors (Lipinski definition) is 3. The lowest BCUT2D eigenvalue weighted by atomic mass is 9.87. The van der Waals surface area contributed by atoms with Gasteiger partial charge in [0.05, 0.1) is 30.5 Å². The van der Waals surface area contributed by atoms with E-state index in [1.165, 1.54) is 5.69 Å². The largest absolute Gasteiger partial charge is 0.393 e. The van der Waals surface area contributed by atoms with Crippen molar-refractivity contribution in [3.8, 4) is 11.3 Å². The van der Waals surface area contributed by atoms with Crippen LogP contribution in [0.2, 0.25) is 0 Å². The van der Waals surface area contributed by atoms with E-state index in [9.17, 15) is 9.90 Å². The second-order valence-electron chi connectivity index (χ2n) is 11.9. The number of anilines is 1. The van der Waals surface area contributed by atoms with Crippen molar-refractivity contribution in [1.29, 1.82) is 0 Å². The zero-order chi connectivity index (χ0) is 27.1. The Morgan fingerprint density at radius 3 is 2.42 bits per heavy atom. The van der Waals surface area contributed by atoms with Gasteiger partial charge in [-0.25, -0.2) is 0 Å². The molecule has 0 unspecified atom stereocenters. The Bertz CT molecular complexity index is 1330. The summed E-state index contributed by atoms with van der Waals surface area (Å²) in [6.07, 6.45) is 5.67. The molecule has 0 aliphatic carbocycles. The zero-order valence-electron chi connectivity index (χ0n) is 23.0. The van der Waals surface area contributed by atoms with Gasteiger partial charge in [-0.05, 0) is 68.9 Å². The molecule has 3 atom stereocenters. The van der Waals surface area contributed by atoms with Crippen molar-refractivity contribution < 1.29 is 19.4 Å². The average Bonchev–Trinajstić information content (AvgIpc) is 3.55. The van der Waals surface area contributed by atoms with E-state index in [0.717, 1.165) is 100 Å². The van der Waals surface area contributed by atoms with Crippen LogP contribution < -0.4 is 10.2 Å². The molecule has 9 nitrogen and oxygen atoms in total. The Morgan fingerprint density at radius 2 is 1.70 bits per heavy atom. The van der Waals surface area contributed by atoms with E-state index < -0.39 is 0 Å². The van der Waals surface area contributed by atoms with Gasteiger partial charge in [-0.15, -0.1) is 0 Å². The number of nitrogens with zero attached hydrogens (tertiary/aromatic N) is 3. The van der Waals surface area contributed by atoms with Crippen LogP contribution in [0.3, 0.4) is 0 Å². The molecule has 9 heteroatoms. The standard InChI is InChI=1S/C31H39N5O4/c37-26-18-24-6-7-25(19-26)36(24)23-4-1-21(2-5-23)29-27-17-22(3-8-28(27)33-34-29)30(38)32-20-31(9-13-39-14-10-31)35-11-15-40-16-12-35/h1-5,8,17,24-26,37H,6-7,9-16,18-20H2,(H,32,38)(H,33,34)/t24-,25+,26-. The predicted octanol–water partition coefficient (Wildman–Crippen LogP) is 3.33. The topological polar surface area (TPSA) is 103 Å². The number of amides is 1. The summed E-state index contributed by atoms with van der Waals surface area (Å²) in [5.74, 6) is -0.0636. The van der Waals surface area contributed by atoms with Gasteiger partial charge < -0.3 is 24.8 Å². The molecule has 3 N–H and O–H groups in total. The maximum absolute atomic E-state index is 13.4. The number of aliphatic hydroxyl groups is 1. The van der Waals surface area contributed by atoms with Crippen LogP contribution in [0.15, 0.2) is 42.5 Å². The van der Waals surface area contributed by atoms with Gasteiger partial charge in [0.15, 0.2) is 0 Å². The zero-order valence-corrected chi connectivity index (χ0v) is 23.0. The molecule has 0 radical (unpaired) electrons. The Kier molecular flexibility index (Phi) is 6.99. The summed E-state index contributed by atoms with van der Waals surface area (Å²) in [6.45, 7) is 5.29. The molecule has 40 heavy (non-hydrogen) atoms. The van der Waals surface area contributed by atoms with Crippen molar-refractivity contribution in [2.24, 2.45) is 0 Å². The Balaban J connectivity index is 1.09. The minimum atomic E-state index is -0.170. The fourth-order valence-corrected chi connectivity index (χ4v) is 7.48. The molecule has 4 aliphatic rings. The van der Waals surface area contributed by atoms with E-state index in [2.05, 4.69) is 49.6 Å². The molecule has 3 aromatic rings. The van der Waals surface area contributed by atoms with Crippen LogP contribution in [-0.2, 0) is 9.47 Å². The summed E-state index contributed by atoms with van der Waals surface area (Å²) in [6, 6.07) is 15.2. The molecule has 2 aromatic carbocycles. The van der Waals surface area contributed by atoms with Crippen molar-refractivity contribution in [2.45, 2.75) is 62.3 Å². The highest BCUT2D eigenvalue weighted by Gasteiger charge is 2.41. The molecule has 4 aliphatic heterocycles. The van der Waals surface area contributed by atoms with Gasteiger partial charge in [0.2, 0.25) is 0 Å². The number of carbonyl (C=O) groups is 1. The molecule has 212 valence electrons. The van der Waals surface area contributed by atoms with Gasteiger partial charge in [-0.3, -0.25) is 14.8 Å². The quantitative estimate of drug-likeness (QED) is 0.437. The summed E-state index contributed by atoms with van der Waals surface area (Å²) >= 11 is 0. The molecule has 4 fully saturated rings. The highest BCUT2D eigenvalue weighted by molar-refractivity contribution is 6.01. The number of morpholine rings is 1. The van der Waals surface area contributed by atoms with Gasteiger partial charge in [-0.1, -0.05) is 12.1 Å². The summed E-state index contributed by atoms with van der Waals surface area (Å²) in [7, 11) is 0. The number of ether oxygens (including phenoxy) is 2. The van der Waals surface area contributed by atoms with Gasteiger partial charge in [0.25, 0.3) is 5.91 Å². The van der Waals surface area contributed by atoms with E-state index in [-0.39, 0.29) is 17.6 Å². The minimum absolute atomic E-state index is 0.0636. The fourth-order valence-electron chi connectivity index (χ4n) is 7.48. The first-order valence-electron chi connectivity index (χ1n) is 14.8. The van der Waals surface area contributed by atoms with Gasteiger partial charge >= 0.3 is 0 Å². The molecule has 0 saturated carbocycles. The van der Waals surface area contributed by atoms with Crippen LogP contribution in [0, 0.1) is 0 Å². The second-order valence-corrected chi connectivity index (χ2v) is 11.9. The van der Waals surface area contributed by atoms with Crippen molar-refractivity contribution in [3.05, 3.63) is 48.0 Å². The maximum Gasteiger partial charge on any atom is 0.251 e. The van der Waals surface area contributed by atoms with Crippen molar-refractivity contribution in [1.82, 2.24) is 20.4 Å². The summed E-state index contributed by atoms with van der Waals surface area (Å²) < 4.78 is 11.3. The van der Waals surface area contributed by atoms with Gasteiger partial charge in [0.1, 0.15) is 0 Å². The van der Waals surface area contributed by atoms with E-state index >= 15 is 0 Å². The number of benzene rings is 2. The average molecular weight is 546 g/mol. The van der Waals surface area contributed by atoms with Crippen molar-refractivity contribution in [2.75, 3.05) is 51.0 Å². The van der Waals surface area contributed by atoms with Crippen LogP contribution in [-0.4, -0.2) is 95.9 Å². The van der Waals surface area contributed by atoms with Crippen molar-refractivity contribution >= 4 is 22.5 Å². The molecular weight excluding hydrogens is 506 g/mol. The van der Waals surface area contributed by atoms with Crippen LogP contribution in [0.4, 0.5) is 5.69 Å². The first-order valence-corrected chi connectivity index (χ1v) is 14.8. The minimum Gasteiger partial charge on any atom is -0.393 e. The third-order valence-corrected chi connectivity index (χ3v) is 9.66. The monoisotopic (exact) mass is 545 g/mol. The lowest BCUT2D eigenvalue weighted by molar-refractivity contribution is -0.0693. The Labute approximate surface area is 234 Å². The summed E-state index contributed by atoms with van der Waals surface area (Å²) in [4.78, 5) is 18.4. The molecular formula is C31H39N5O4. The van der Waals surface area contributed by atoms with E-state index in [1.54, 1.807) is 0 Å². The number of fused-ring (bicyclic) bond motifs is 3. The first kappa shape index (κ1) is 26.0. The normalized spacial score (nSPS) is 26.7. The number of hydrogen-bond acceptors (Lipinski definition) is 7. The Morgan fingerprint density at radius 1 is 1.00 bits per heavy atom. The van der Waals surface area contributed by atoms with E-state index in [0.29, 0.717) is 24.2 Å². The molecule has 4 saturated heterocycles. The van der Waals surface area contributed by atoms with Crippen LogP contribution >= 0.6 is 0 Å². The van der Waals surface area contributed by atoms with Crippen LogP contribution in [0.1, 0.15) is 48.9 Å². The van der Waals surface area contributed by atoms with Crippen molar-refractivity contribution in [3.63, 3.8) is 0 Å². The maximum atomic E-state index is 13.4. The molecule has 1 aromatic heterocycles. The summed E-state index contributed by atoms with van der Waals surface area (Å²) in [5, 5.41) is 22.1. The number of piperidine rings is 1. The molecule has 0 spiro atoms. The van der Waals surface area contributed by atoms with Crippen LogP contribution in [0.5, 0.6) is 0 Å². The highest BCUT2D eigenvalue weighted by atomic mass is 16.5. The van der Waals surface area contributed by atoms with E-state index in [4.69, 9.17) is 9.47 Å². The summed E-state index contributed by atoms with van der Waals surface area (Å²) in [5.41, 5.74) is 4.54. The number of aromatic nitrogens is 2. The molecule has 7 rings (SSSR count). The number of rotatable bonds is 6. The SMILES string of the molecule is O=C(NCC1(N2CCOCC2)CCOCC1)c1ccc2[nH]nc(-c3ccc(N4[C@@H]5CC[C@H]4C[C@H](O)C5)cc3)c2c1. The third-order valence-electron chi connectivity index (χ3n) is 9.66. The fraction of sp³-hybridized carbons (Fsp3) is 0.548. The second kappa shape index (κ2) is 10.8. The number of nitrogens with one attached hydrogen (secondary N) is 2. The molecule has 5 heterocycles. The third kappa shape index (κ3) is 4.79. The van der Waals surface area contributed by atoms with Gasteiger partial charge in [0, 0.05) is 72.7 Å².